The topological polar surface area (TPSA) is 194 Å². The Balaban J connectivity index is 1.77. The minimum Gasteiger partial charge on any atom is -0.462 e. The number of anilines is 1. The Morgan fingerprint density at radius 1 is 1.29 bits per heavy atom. The average Bonchev–Trinajstić information content (AvgIpc) is 3.42. The summed E-state index contributed by atoms with van der Waals surface area (Å²) in [5.74, 6) is -0.585. The zero-order valence-corrected chi connectivity index (χ0v) is 22.1. The first-order chi connectivity index (χ1) is 18.0. The highest BCUT2D eigenvalue weighted by molar-refractivity contribution is 5.88. The summed E-state index contributed by atoms with van der Waals surface area (Å²) in [5.41, 5.74) is 3.69. The lowest BCUT2D eigenvalue weighted by molar-refractivity contribution is -0.154. The molecule has 1 aliphatic heterocycles. The van der Waals surface area contributed by atoms with Gasteiger partial charge in [-0.1, -0.05) is 47.0 Å². The van der Waals surface area contributed by atoms with Gasteiger partial charge in [0.25, 0.3) is 0 Å². The summed E-state index contributed by atoms with van der Waals surface area (Å²) in [6.07, 6.45) is -0.181. The van der Waals surface area contributed by atoms with Crippen LogP contribution in [0.15, 0.2) is 18.5 Å². The lowest BCUT2D eigenvalue weighted by Crippen LogP contribution is -2.44. The number of nitrogens with zero attached hydrogens (tertiary/aromatic N) is 4. The number of aliphatic hydroxyl groups excluding tert-OH is 2. The van der Waals surface area contributed by atoms with Crippen LogP contribution in [0.5, 0.6) is 0 Å². The Morgan fingerprint density at radius 3 is 2.68 bits per heavy atom. The Labute approximate surface area is 220 Å². The van der Waals surface area contributed by atoms with Crippen LogP contribution in [0.2, 0.25) is 0 Å². The number of ether oxygens (including phenoxy) is 3. The van der Waals surface area contributed by atoms with E-state index in [0.29, 0.717) is 5.52 Å². The van der Waals surface area contributed by atoms with Crippen molar-refractivity contribution < 1.29 is 34.0 Å². The van der Waals surface area contributed by atoms with Crippen molar-refractivity contribution in [3.05, 3.63) is 24.2 Å². The molecule has 1 amide bonds. The van der Waals surface area contributed by atoms with Gasteiger partial charge in [0.2, 0.25) is 5.60 Å². The van der Waals surface area contributed by atoms with Gasteiger partial charge in [0.15, 0.2) is 5.82 Å². The van der Waals surface area contributed by atoms with E-state index in [4.69, 9.17) is 19.9 Å². The van der Waals surface area contributed by atoms with Crippen LogP contribution >= 0.6 is 0 Å². The summed E-state index contributed by atoms with van der Waals surface area (Å²) in [5, 5.41) is 38.3. The summed E-state index contributed by atoms with van der Waals surface area (Å²) in [6, 6.07) is 4.00. The van der Waals surface area contributed by atoms with Gasteiger partial charge in [-0.25, -0.2) is 14.3 Å². The van der Waals surface area contributed by atoms with Crippen molar-refractivity contribution in [1.29, 1.82) is 5.26 Å². The molecule has 208 valence electrons. The molecule has 3 heterocycles. The van der Waals surface area contributed by atoms with Crippen molar-refractivity contribution in [2.45, 2.75) is 83.3 Å². The molecule has 1 fully saturated rings. The lowest BCUT2D eigenvalue weighted by atomic mass is 9.87. The zero-order valence-electron chi connectivity index (χ0n) is 22.1. The van der Waals surface area contributed by atoms with Crippen LogP contribution in [0.4, 0.5) is 10.6 Å². The third-order valence-electron chi connectivity index (χ3n) is 6.49. The number of hydrogen-bond acceptors (Lipinski definition) is 11. The molecule has 3 rings (SSSR count). The fourth-order valence-corrected chi connectivity index (χ4v) is 4.06. The van der Waals surface area contributed by atoms with E-state index >= 15 is 0 Å². The summed E-state index contributed by atoms with van der Waals surface area (Å²) in [7, 11) is 0. The minimum atomic E-state index is -2.06. The third-order valence-corrected chi connectivity index (χ3v) is 6.49. The molecule has 0 aromatic carbocycles. The number of amides is 1. The molecule has 13 heteroatoms. The molecular weight excluding hydrogens is 496 g/mol. The molecule has 0 saturated carbocycles. The maximum absolute atomic E-state index is 12.3. The van der Waals surface area contributed by atoms with E-state index in [1.54, 1.807) is 20.8 Å². The highest BCUT2D eigenvalue weighted by Gasteiger charge is 2.58. The van der Waals surface area contributed by atoms with Crippen molar-refractivity contribution in [3.63, 3.8) is 0 Å². The molecule has 0 aliphatic carbocycles. The van der Waals surface area contributed by atoms with Crippen LogP contribution < -0.4 is 11.1 Å². The first-order valence-electron chi connectivity index (χ1n) is 12.6. The zero-order chi connectivity index (χ0) is 28.1. The number of nitriles is 1. The van der Waals surface area contributed by atoms with Crippen LogP contribution in [-0.2, 0) is 24.6 Å². The Kier molecular flexibility index (Phi) is 9.26. The predicted molar refractivity (Wildman–Crippen MR) is 135 cm³/mol. The molecule has 0 bridgehead atoms. The number of fused-ring (bicyclic) bond motifs is 1. The second-order valence-corrected chi connectivity index (χ2v) is 10.4. The minimum absolute atomic E-state index is 0.0835. The molecule has 38 heavy (non-hydrogen) atoms. The molecule has 13 nitrogen and oxygen atoms in total. The van der Waals surface area contributed by atoms with Gasteiger partial charge in [-0.3, -0.25) is 10.1 Å². The molecular formula is C25H36N6O7. The van der Waals surface area contributed by atoms with Gasteiger partial charge in [-0.15, -0.1) is 0 Å². The largest absolute Gasteiger partial charge is 0.462 e. The number of aliphatic hydroxyl groups is 2. The highest BCUT2D eigenvalue weighted by Crippen LogP contribution is 2.40. The van der Waals surface area contributed by atoms with Gasteiger partial charge < -0.3 is 30.2 Å². The fourth-order valence-electron chi connectivity index (χ4n) is 4.06. The highest BCUT2D eigenvalue weighted by atomic mass is 16.6. The Hall–Kier alpha value is -3.31. The van der Waals surface area contributed by atoms with E-state index in [1.165, 1.54) is 16.6 Å². The SMILES string of the molecule is CCCCCCOC(=O)Nc1ncnn2c([C@]3(C#N)O[C@H](COC(=O)[C@@H](N)C(C)(C)C)[C@@H](O)[C@H]3O)ccc12. The van der Waals surface area contributed by atoms with Crippen molar-refractivity contribution >= 4 is 23.4 Å². The molecule has 5 atom stereocenters. The van der Waals surface area contributed by atoms with E-state index < -0.39 is 54.0 Å². The number of unbranched alkanes of at least 4 members (excludes halogenated alkanes) is 3. The summed E-state index contributed by atoms with van der Waals surface area (Å²) in [6.45, 7) is 7.26. The van der Waals surface area contributed by atoms with Gasteiger partial charge in [0, 0.05) is 0 Å². The van der Waals surface area contributed by atoms with E-state index in [2.05, 4.69) is 22.3 Å². The number of nitrogens with one attached hydrogen (secondary N) is 1. The van der Waals surface area contributed by atoms with E-state index in [9.17, 15) is 25.1 Å². The first kappa shape index (κ1) is 29.2. The number of hydrogen-bond donors (Lipinski definition) is 4. The maximum atomic E-state index is 12.3. The third kappa shape index (κ3) is 6.05. The standard InChI is InChI=1S/C25H36N6O7/c1-5-6-7-8-11-36-23(35)30-21-15-9-10-17(31(15)29-14-28-21)25(13-26)20(33)18(32)16(38-25)12-37-22(34)19(27)24(2,3)4/h9-10,14,16,18-20,32-33H,5-8,11-12,27H2,1-4H3,(H,28,29,30,35)/t16-,18-,19-,20-,25+/m1/s1. The van der Waals surface area contributed by atoms with Crippen LogP contribution in [0.3, 0.4) is 0 Å². The molecule has 2 aromatic rings. The van der Waals surface area contributed by atoms with Gasteiger partial charge in [0.05, 0.1) is 12.3 Å². The summed E-state index contributed by atoms with van der Waals surface area (Å²) < 4.78 is 17.5. The van der Waals surface area contributed by atoms with E-state index in [1.807, 2.05) is 6.07 Å². The fraction of sp³-hybridized carbons (Fsp3) is 0.640. The Bertz CT molecular complexity index is 1170. The predicted octanol–water partition coefficient (Wildman–Crippen LogP) is 1.61. The van der Waals surface area contributed by atoms with Crippen molar-refractivity contribution in [3.8, 4) is 6.07 Å². The van der Waals surface area contributed by atoms with Gasteiger partial charge in [-0.2, -0.15) is 10.4 Å². The second kappa shape index (κ2) is 12.0. The summed E-state index contributed by atoms with van der Waals surface area (Å²) >= 11 is 0. The van der Waals surface area contributed by atoms with Crippen molar-refractivity contribution in [1.82, 2.24) is 14.6 Å². The number of rotatable bonds is 10. The lowest BCUT2D eigenvalue weighted by Gasteiger charge is -2.26. The number of esters is 1. The normalized spacial score (nSPS) is 24.1. The van der Waals surface area contributed by atoms with E-state index in [0.717, 1.165) is 32.0 Å². The quantitative estimate of drug-likeness (QED) is 0.256. The number of aromatic nitrogens is 3. The van der Waals surface area contributed by atoms with E-state index in [-0.39, 0.29) is 18.1 Å². The molecule has 1 aliphatic rings. The van der Waals surface area contributed by atoms with Crippen molar-refractivity contribution in [2.75, 3.05) is 18.5 Å². The van der Waals surface area contributed by atoms with Crippen LogP contribution in [0.25, 0.3) is 5.52 Å². The molecule has 0 unspecified atom stereocenters. The first-order valence-corrected chi connectivity index (χ1v) is 12.6. The molecule has 0 radical (unpaired) electrons. The monoisotopic (exact) mass is 532 g/mol. The number of nitrogens with two attached hydrogens (primary N) is 1. The molecule has 0 spiro atoms. The number of carbonyl (C=O) groups excluding carboxylic acids is 2. The average molecular weight is 533 g/mol. The molecule has 5 N–H and O–H groups in total. The summed E-state index contributed by atoms with van der Waals surface area (Å²) in [4.78, 5) is 28.6. The van der Waals surface area contributed by atoms with Crippen LogP contribution in [-0.4, -0.2) is 74.4 Å². The van der Waals surface area contributed by atoms with Crippen LogP contribution in [0.1, 0.15) is 59.1 Å². The smallest absolute Gasteiger partial charge is 0.412 e. The van der Waals surface area contributed by atoms with Crippen LogP contribution in [0, 0.1) is 16.7 Å². The van der Waals surface area contributed by atoms with Crippen molar-refractivity contribution in [2.24, 2.45) is 11.1 Å². The van der Waals surface area contributed by atoms with Gasteiger partial charge in [0.1, 0.15) is 48.9 Å². The number of carbonyl (C=O) groups is 2. The van der Waals surface area contributed by atoms with Gasteiger partial charge >= 0.3 is 12.1 Å². The maximum Gasteiger partial charge on any atom is 0.412 e. The Morgan fingerprint density at radius 2 is 2.03 bits per heavy atom. The molecule has 1 saturated heterocycles. The molecule has 2 aromatic heterocycles. The van der Waals surface area contributed by atoms with Gasteiger partial charge in [-0.05, 0) is 24.0 Å². The second-order valence-electron chi connectivity index (χ2n) is 10.4.